The number of pyridine rings is 2. The molecule has 1 fully saturated rings. The van der Waals surface area contributed by atoms with Crippen LogP contribution in [-0.4, -0.2) is 54.3 Å². The van der Waals surface area contributed by atoms with Crippen LogP contribution in [-0.2, 0) is 4.74 Å². The molecule has 14 heteroatoms. The SMILES string of the molecule is Cc1ncc(Nc2nc(N=C3CCC(F)(F)CC3NC(=O)OC(C)(C)C)c(F)cc2C#N)cc1-n1nccn1. The first-order valence-electron chi connectivity index (χ1n) is 12.0. The van der Waals surface area contributed by atoms with Gasteiger partial charge in [-0.3, -0.25) is 4.98 Å². The van der Waals surface area contributed by atoms with E-state index in [2.05, 4.69) is 35.8 Å². The third-order valence-electron chi connectivity index (χ3n) is 5.63. The summed E-state index contributed by atoms with van der Waals surface area (Å²) in [7, 11) is 0. The molecule has 204 valence electrons. The number of carbonyl (C=O) groups is 1. The number of ether oxygens (including phenoxy) is 1. The van der Waals surface area contributed by atoms with Crippen molar-refractivity contribution in [2.24, 2.45) is 4.99 Å². The van der Waals surface area contributed by atoms with Crippen LogP contribution in [0.3, 0.4) is 0 Å². The number of hydrogen-bond acceptors (Lipinski definition) is 9. The molecule has 3 aromatic rings. The fourth-order valence-corrected chi connectivity index (χ4v) is 3.86. The van der Waals surface area contributed by atoms with Crippen LogP contribution in [0, 0.1) is 24.1 Å². The van der Waals surface area contributed by atoms with Crippen LogP contribution in [0.25, 0.3) is 5.69 Å². The number of halogens is 3. The second kappa shape index (κ2) is 10.7. The molecular formula is C25H26F3N9O2. The van der Waals surface area contributed by atoms with Crippen LogP contribution >= 0.6 is 0 Å². The molecule has 3 aromatic heterocycles. The minimum Gasteiger partial charge on any atom is -0.444 e. The van der Waals surface area contributed by atoms with Gasteiger partial charge in [0.05, 0.1) is 41.6 Å². The normalized spacial score (nSPS) is 17.9. The smallest absolute Gasteiger partial charge is 0.408 e. The number of amides is 1. The van der Waals surface area contributed by atoms with Gasteiger partial charge in [-0.15, -0.1) is 4.80 Å². The van der Waals surface area contributed by atoms with E-state index in [4.69, 9.17) is 4.74 Å². The molecule has 1 aliphatic carbocycles. The van der Waals surface area contributed by atoms with Gasteiger partial charge in [-0.05, 0) is 46.2 Å². The van der Waals surface area contributed by atoms with Crippen molar-refractivity contribution in [3.05, 3.63) is 47.8 Å². The summed E-state index contributed by atoms with van der Waals surface area (Å²) in [6.45, 7) is 6.68. The predicted octanol–water partition coefficient (Wildman–Crippen LogP) is 4.91. The first-order valence-corrected chi connectivity index (χ1v) is 12.0. The van der Waals surface area contributed by atoms with Crippen LogP contribution in [0.4, 0.5) is 35.3 Å². The van der Waals surface area contributed by atoms with Gasteiger partial charge in [-0.2, -0.15) is 15.5 Å². The van der Waals surface area contributed by atoms with Gasteiger partial charge in [0.15, 0.2) is 17.5 Å². The number of hydrogen-bond donors (Lipinski definition) is 2. The second-order valence-corrected chi connectivity index (χ2v) is 9.94. The van der Waals surface area contributed by atoms with Gasteiger partial charge in [-0.1, -0.05) is 0 Å². The Morgan fingerprint density at radius 1 is 1.28 bits per heavy atom. The van der Waals surface area contributed by atoms with Crippen LogP contribution in [0.2, 0.25) is 0 Å². The first kappa shape index (κ1) is 27.5. The molecule has 0 aliphatic heterocycles. The highest BCUT2D eigenvalue weighted by molar-refractivity contribution is 5.94. The third kappa shape index (κ3) is 6.86. The second-order valence-electron chi connectivity index (χ2n) is 9.94. The van der Waals surface area contributed by atoms with Gasteiger partial charge in [0.25, 0.3) is 5.92 Å². The van der Waals surface area contributed by atoms with Crippen molar-refractivity contribution in [1.82, 2.24) is 30.3 Å². The molecule has 0 radical (unpaired) electrons. The number of aryl methyl sites for hydroxylation is 1. The summed E-state index contributed by atoms with van der Waals surface area (Å²) >= 11 is 0. The fourth-order valence-electron chi connectivity index (χ4n) is 3.86. The van der Waals surface area contributed by atoms with E-state index in [0.29, 0.717) is 17.1 Å². The van der Waals surface area contributed by atoms with Gasteiger partial charge in [0, 0.05) is 18.6 Å². The summed E-state index contributed by atoms with van der Waals surface area (Å²) in [5.41, 5.74) is 0.744. The van der Waals surface area contributed by atoms with Crippen molar-refractivity contribution in [2.75, 3.05) is 5.32 Å². The number of aromatic nitrogens is 5. The molecule has 1 unspecified atom stereocenters. The Morgan fingerprint density at radius 3 is 2.67 bits per heavy atom. The zero-order valence-corrected chi connectivity index (χ0v) is 21.7. The Labute approximate surface area is 222 Å². The summed E-state index contributed by atoms with van der Waals surface area (Å²) in [6, 6.07) is 3.28. The fraction of sp³-hybridized carbons (Fsp3) is 0.400. The minimum atomic E-state index is -3.05. The van der Waals surface area contributed by atoms with Crippen molar-refractivity contribution in [3.8, 4) is 11.8 Å². The highest BCUT2D eigenvalue weighted by Crippen LogP contribution is 2.34. The highest BCUT2D eigenvalue weighted by Gasteiger charge is 2.41. The zero-order chi connectivity index (χ0) is 28.4. The number of aliphatic imine (C=N–C) groups is 1. The number of nitriles is 1. The number of alkyl halides is 2. The van der Waals surface area contributed by atoms with Crippen molar-refractivity contribution >= 4 is 29.1 Å². The van der Waals surface area contributed by atoms with Crippen molar-refractivity contribution in [1.29, 1.82) is 5.26 Å². The molecular weight excluding hydrogens is 515 g/mol. The largest absolute Gasteiger partial charge is 0.444 e. The molecule has 2 N–H and O–H groups in total. The van der Waals surface area contributed by atoms with Gasteiger partial charge < -0.3 is 15.4 Å². The van der Waals surface area contributed by atoms with Gasteiger partial charge in [0.1, 0.15) is 17.4 Å². The number of alkyl carbamates (subject to hydrolysis) is 1. The maximum atomic E-state index is 14.9. The lowest BCUT2D eigenvalue weighted by Crippen LogP contribution is -2.49. The molecule has 0 saturated heterocycles. The highest BCUT2D eigenvalue weighted by atomic mass is 19.3. The van der Waals surface area contributed by atoms with E-state index in [9.17, 15) is 23.2 Å². The molecule has 1 amide bonds. The quantitative estimate of drug-likeness (QED) is 0.464. The summed E-state index contributed by atoms with van der Waals surface area (Å²) in [4.78, 5) is 26.3. The van der Waals surface area contributed by atoms with Gasteiger partial charge >= 0.3 is 6.09 Å². The van der Waals surface area contributed by atoms with E-state index in [1.165, 1.54) is 23.4 Å². The monoisotopic (exact) mass is 541 g/mol. The van der Waals surface area contributed by atoms with Gasteiger partial charge in [-0.25, -0.2) is 27.9 Å². The Kier molecular flexibility index (Phi) is 7.53. The lowest BCUT2D eigenvalue weighted by atomic mass is 9.90. The summed E-state index contributed by atoms with van der Waals surface area (Å²) in [5, 5.41) is 23.1. The average molecular weight is 542 g/mol. The summed E-state index contributed by atoms with van der Waals surface area (Å²) < 4.78 is 48.5. The molecule has 39 heavy (non-hydrogen) atoms. The zero-order valence-electron chi connectivity index (χ0n) is 21.7. The van der Waals surface area contributed by atoms with E-state index in [1.54, 1.807) is 33.8 Å². The standard InChI is InChI=1S/C25H26F3N9O2/c1-14-20(37-31-7-8-32-37)10-16(13-30-14)33-21-15(12-29)9-17(26)22(36-21)34-18-5-6-25(27,28)11-19(18)35-23(38)39-24(2,3)4/h7-10,13,19H,5-6,11H2,1-4H3,(H,33,36)(H,35,38). The molecule has 0 bridgehead atoms. The number of anilines is 2. The third-order valence-corrected chi connectivity index (χ3v) is 5.63. The van der Waals surface area contributed by atoms with Crippen LogP contribution < -0.4 is 10.6 Å². The van der Waals surface area contributed by atoms with Gasteiger partial charge in [0.2, 0.25) is 0 Å². The van der Waals surface area contributed by atoms with Crippen LogP contribution in [0.5, 0.6) is 0 Å². The average Bonchev–Trinajstić information content (AvgIpc) is 3.37. The summed E-state index contributed by atoms with van der Waals surface area (Å²) in [5.74, 6) is -4.44. The number of carbonyl (C=O) groups excluding carboxylic acids is 1. The number of rotatable bonds is 5. The van der Waals surface area contributed by atoms with E-state index < -0.39 is 48.1 Å². The Morgan fingerprint density at radius 2 is 2.00 bits per heavy atom. The van der Waals surface area contributed by atoms with Crippen LogP contribution in [0.1, 0.15) is 51.3 Å². The molecule has 1 atom stereocenters. The first-order chi connectivity index (χ1) is 18.3. The maximum Gasteiger partial charge on any atom is 0.408 e. The Hall–Kier alpha value is -4.54. The lowest BCUT2D eigenvalue weighted by molar-refractivity contribution is -0.0258. The lowest BCUT2D eigenvalue weighted by Gasteiger charge is -2.31. The molecule has 1 aliphatic rings. The molecule has 3 heterocycles. The van der Waals surface area contributed by atoms with Crippen molar-refractivity contribution in [3.63, 3.8) is 0 Å². The topological polar surface area (TPSA) is 143 Å². The maximum absolute atomic E-state index is 14.9. The van der Waals surface area contributed by atoms with Crippen LogP contribution in [0.15, 0.2) is 35.7 Å². The van der Waals surface area contributed by atoms with E-state index in [-0.39, 0.29) is 23.5 Å². The number of nitrogens with zero attached hydrogens (tertiary/aromatic N) is 7. The van der Waals surface area contributed by atoms with Crippen molar-refractivity contribution < 1.29 is 22.7 Å². The van der Waals surface area contributed by atoms with E-state index in [0.717, 1.165) is 6.07 Å². The summed E-state index contributed by atoms with van der Waals surface area (Å²) in [6.07, 6.45) is 2.14. The predicted molar refractivity (Wildman–Crippen MR) is 135 cm³/mol. The molecule has 4 rings (SSSR count). The number of nitrogens with one attached hydrogen (secondary N) is 2. The minimum absolute atomic E-state index is 0.0268. The Bertz CT molecular complexity index is 1440. The molecule has 1 saturated carbocycles. The van der Waals surface area contributed by atoms with E-state index >= 15 is 0 Å². The molecule has 11 nitrogen and oxygen atoms in total. The van der Waals surface area contributed by atoms with E-state index in [1.807, 2.05) is 6.07 Å². The Balaban J connectivity index is 1.66. The molecule has 0 spiro atoms. The van der Waals surface area contributed by atoms with Crippen molar-refractivity contribution in [2.45, 2.75) is 64.5 Å². The molecule has 0 aromatic carbocycles.